The molecule has 2 amide bonds. The van der Waals surface area contributed by atoms with Gasteiger partial charge in [0.15, 0.2) is 0 Å². The second kappa shape index (κ2) is 9.44. The second-order valence-electron chi connectivity index (χ2n) is 10.2. The van der Waals surface area contributed by atoms with Gasteiger partial charge in [0.05, 0.1) is 17.1 Å². The van der Waals surface area contributed by atoms with Crippen molar-refractivity contribution in [3.63, 3.8) is 0 Å². The number of fused-ring (bicyclic) bond motifs is 4. The molecule has 1 saturated carbocycles. The molecule has 5 nitrogen and oxygen atoms in total. The van der Waals surface area contributed by atoms with Gasteiger partial charge in [0.1, 0.15) is 12.6 Å². The Morgan fingerprint density at radius 2 is 1.51 bits per heavy atom. The largest absolute Gasteiger partial charge is 0.326 e. The van der Waals surface area contributed by atoms with E-state index in [1.807, 2.05) is 114 Å². The van der Waals surface area contributed by atoms with E-state index >= 15 is 0 Å². The number of carbonyl (C=O) groups excluding carboxylic acids is 2. The van der Waals surface area contributed by atoms with E-state index in [-0.39, 0.29) is 30.4 Å². The van der Waals surface area contributed by atoms with Crippen LogP contribution in [0.5, 0.6) is 0 Å². The average Bonchev–Trinajstić information content (AvgIpc) is 3.70. The fourth-order valence-corrected chi connectivity index (χ4v) is 5.81. The number of benzene rings is 4. The number of rotatable bonds is 5. The molecule has 2 aliphatic rings. The molecule has 1 aromatic heterocycles. The molecule has 7 rings (SSSR count). The molecule has 192 valence electrons. The molecule has 4 aromatic carbocycles. The molecule has 39 heavy (non-hydrogen) atoms. The van der Waals surface area contributed by atoms with Crippen LogP contribution in [0.2, 0.25) is 5.02 Å². The summed E-state index contributed by atoms with van der Waals surface area (Å²) < 4.78 is 2.14. The summed E-state index contributed by atoms with van der Waals surface area (Å²) in [5.74, 6) is -0.218. The summed E-state index contributed by atoms with van der Waals surface area (Å²) in [7, 11) is 0. The molecule has 5 aromatic rings. The normalized spacial score (nSPS) is 16.0. The monoisotopic (exact) mass is 531 g/mol. The van der Waals surface area contributed by atoms with E-state index in [2.05, 4.69) is 4.57 Å². The van der Waals surface area contributed by atoms with Gasteiger partial charge in [0.2, 0.25) is 5.91 Å². The van der Waals surface area contributed by atoms with Crippen molar-refractivity contribution in [1.29, 1.82) is 0 Å². The van der Waals surface area contributed by atoms with Crippen molar-refractivity contribution in [2.45, 2.75) is 24.9 Å². The quantitative estimate of drug-likeness (QED) is 0.244. The SMILES string of the molecule is O=C(c1ccc2ccccc2c1)N(CC(=O)N1c2ccccc2-n2cccc2C1c1ccc(Cl)cc1)C1CC1. The van der Waals surface area contributed by atoms with Crippen molar-refractivity contribution < 1.29 is 9.59 Å². The number of halogens is 1. The molecule has 0 bridgehead atoms. The second-order valence-corrected chi connectivity index (χ2v) is 10.7. The number of hydrogen-bond acceptors (Lipinski definition) is 2. The molecule has 6 heteroatoms. The smallest absolute Gasteiger partial charge is 0.254 e. The summed E-state index contributed by atoms with van der Waals surface area (Å²) >= 11 is 6.22. The minimum Gasteiger partial charge on any atom is -0.326 e. The van der Waals surface area contributed by atoms with Gasteiger partial charge in [-0.05, 0) is 77.7 Å². The van der Waals surface area contributed by atoms with Crippen LogP contribution in [0.4, 0.5) is 5.69 Å². The van der Waals surface area contributed by atoms with Gasteiger partial charge in [-0.25, -0.2) is 0 Å². The van der Waals surface area contributed by atoms with Gasteiger partial charge in [0, 0.05) is 22.8 Å². The maximum absolute atomic E-state index is 14.3. The van der Waals surface area contributed by atoms with Crippen molar-refractivity contribution in [3.8, 4) is 5.69 Å². The maximum Gasteiger partial charge on any atom is 0.254 e. The van der Waals surface area contributed by atoms with Crippen LogP contribution in [-0.4, -0.2) is 33.9 Å². The van der Waals surface area contributed by atoms with Crippen LogP contribution in [0.1, 0.15) is 40.5 Å². The van der Waals surface area contributed by atoms with Crippen LogP contribution in [0.15, 0.2) is 109 Å². The van der Waals surface area contributed by atoms with Gasteiger partial charge in [-0.1, -0.05) is 66.2 Å². The Morgan fingerprint density at radius 3 is 2.28 bits per heavy atom. The Kier molecular flexibility index (Phi) is 5.75. The van der Waals surface area contributed by atoms with Crippen molar-refractivity contribution in [3.05, 3.63) is 131 Å². The predicted octanol–water partition coefficient (Wildman–Crippen LogP) is 7.02. The Labute approximate surface area is 231 Å². The van der Waals surface area contributed by atoms with E-state index in [0.717, 1.165) is 46.2 Å². The molecular weight excluding hydrogens is 506 g/mol. The third-order valence-corrected chi connectivity index (χ3v) is 7.98. The molecule has 1 fully saturated rings. The molecule has 0 N–H and O–H groups in total. The Bertz CT molecular complexity index is 1720. The summed E-state index contributed by atoms with van der Waals surface area (Å²) in [5.41, 5.74) is 4.31. The Hall–Kier alpha value is -4.35. The number of carbonyl (C=O) groups is 2. The fourth-order valence-electron chi connectivity index (χ4n) is 5.69. The van der Waals surface area contributed by atoms with Gasteiger partial charge in [0.25, 0.3) is 5.91 Å². The molecule has 0 spiro atoms. The Balaban J connectivity index is 1.27. The lowest BCUT2D eigenvalue weighted by Gasteiger charge is -2.39. The summed E-state index contributed by atoms with van der Waals surface area (Å²) in [4.78, 5) is 31.8. The van der Waals surface area contributed by atoms with Crippen molar-refractivity contribution >= 4 is 39.9 Å². The molecule has 0 saturated heterocycles. The van der Waals surface area contributed by atoms with Crippen LogP contribution in [0, 0.1) is 0 Å². The van der Waals surface area contributed by atoms with Gasteiger partial charge < -0.3 is 9.47 Å². The summed E-state index contributed by atoms with van der Waals surface area (Å²) in [6, 6.07) is 33.1. The van der Waals surface area contributed by atoms with Gasteiger partial charge >= 0.3 is 0 Å². The average molecular weight is 532 g/mol. The minimum atomic E-state index is -0.350. The lowest BCUT2D eigenvalue weighted by atomic mass is 9.97. The molecule has 1 aliphatic carbocycles. The summed E-state index contributed by atoms with van der Waals surface area (Å²) in [6.07, 6.45) is 3.85. The highest BCUT2D eigenvalue weighted by Gasteiger charge is 2.40. The molecule has 2 heterocycles. The van der Waals surface area contributed by atoms with Crippen LogP contribution in [0.25, 0.3) is 16.5 Å². The standard InChI is InChI=1S/C33H26ClN3O2/c34-26-15-13-23(14-16-26)32-30-10-5-19-35(30)28-8-3-4-9-29(28)37(32)31(38)21-36(27-17-18-27)33(39)25-12-11-22-6-1-2-7-24(22)20-25/h1-16,19-20,27,32H,17-18,21H2. The van der Waals surface area contributed by atoms with Crippen molar-refractivity contribution in [2.75, 3.05) is 11.4 Å². The number of amides is 2. The highest BCUT2D eigenvalue weighted by molar-refractivity contribution is 6.30. The van der Waals surface area contributed by atoms with E-state index < -0.39 is 0 Å². The van der Waals surface area contributed by atoms with Crippen LogP contribution >= 0.6 is 11.6 Å². The van der Waals surface area contributed by atoms with E-state index in [0.29, 0.717) is 10.6 Å². The molecular formula is C33H26ClN3O2. The zero-order valence-electron chi connectivity index (χ0n) is 21.2. The molecule has 1 unspecified atom stereocenters. The highest BCUT2D eigenvalue weighted by Crippen LogP contribution is 2.43. The van der Waals surface area contributed by atoms with Crippen LogP contribution < -0.4 is 4.90 Å². The summed E-state index contributed by atoms with van der Waals surface area (Å²) in [5, 5.41) is 2.74. The van der Waals surface area contributed by atoms with Gasteiger partial charge in [-0.3, -0.25) is 14.5 Å². The first-order valence-electron chi connectivity index (χ1n) is 13.2. The zero-order chi connectivity index (χ0) is 26.5. The first-order chi connectivity index (χ1) is 19.1. The van der Waals surface area contributed by atoms with Crippen molar-refractivity contribution in [2.24, 2.45) is 0 Å². The van der Waals surface area contributed by atoms with E-state index in [1.165, 1.54) is 0 Å². The number of anilines is 1. The van der Waals surface area contributed by atoms with Gasteiger partial charge in [-0.2, -0.15) is 0 Å². The van der Waals surface area contributed by atoms with Crippen LogP contribution in [-0.2, 0) is 4.79 Å². The first-order valence-corrected chi connectivity index (χ1v) is 13.6. The Morgan fingerprint density at radius 1 is 0.795 bits per heavy atom. The third kappa shape index (κ3) is 4.19. The summed E-state index contributed by atoms with van der Waals surface area (Å²) in [6.45, 7) is 0.00938. The highest BCUT2D eigenvalue weighted by atomic mass is 35.5. The lowest BCUT2D eigenvalue weighted by Crippen LogP contribution is -2.47. The molecule has 1 atom stereocenters. The molecule has 0 radical (unpaired) electrons. The third-order valence-electron chi connectivity index (χ3n) is 7.72. The maximum atomic E-state index is 14.3. The number of hydrogen-bond donors (Lipinski definition) is 0. The molecule has 1 aliphatic heterocycles. The van der Waals surface area contributed by atoms with Gasteiger partial charge in [-0.15, -0.1) is 0 Å². The van der Waals surface area contributed by atoms with E-state index in [1.54, 1.807) is 4.90 Å². The zero-order valence-corrected chi connectivity index (χ0v) is 22.0. The first kappa shape index (κ1) is 23.7. The number of nitrogens with zero attached hydrogens (tertiary/aromatic N) is 3. The van der Waals surface area contributed by atoms with E-state index in [4.69, 9.17) is 11.6 Å². The fraction of sp³-hybridized carbons (Fsp3) is 0.152. The minimum absolute atomic E-state index is 0.00938. The van der Waals surface area contributed by atoms with E-state index in [9.17, 15) is 9.59 Å². The number of aromatic nitrogens is 1. The topological polar surface area (TPSA) is 45.6 Å². The van der Waals surface area contributed by atoms with Crippen molar-refractivity contribution in [1.82, 2.24) is 9.47 Å². The van der Waals surface area contributed by atoms with Crippen LogP contribution in [0.3, 0.4) is 0 Å². The predicted molar refractivity (Wildman–Crippen MR) is 155 cm³/mol. The lowest BCUT2D eigenvalue weighted by molar-refractivity contribution is -0.119. The number of para-hydroxylation sites is 2.